The third-order valence-corrected chi connectivity index (χ3v) is 3.62. The number of carbonyl (C=O) groups excluding carboxylic acids is 1. The van der Waals surface area contributed by atoms with Crippen molar-refractivity contribution in [3.05, 3.63) is 28.8 Å². The van der Waals surface area contributed by atoms with E-state index in [1.807, 2.05) is 6.92 Å². The molecule has 0 saturated heterocycles. The number of benzene rings is 1. The van der Waals surface area contributed by atoms with Gasteiger partial charge in [-0.25, -0.2) is 0 Å². The lowest BCUT2D eigenvalue weighted by Gasteiger charge is -2.14. The van der Waals surface area contributed by atoms with Crippen LogP contribution >= 0.6 is 11.6 Å². The van der Waals surface area contributed by atoms with Crippen LogP contribution in [0.4, 0.5) is 0 Å². The maximum Gasteiger partial charge on any atom is 0.303 e. The number of rotatable bonds is 8. The standard InChI is InChI=1S/C15H20ClNO4/c1-2-10(3-6-14(19)20)7-8-17-15(21)12-5-4-11(16)9-13(12)18/h4-5,9-10,18H,2-3,6-8H2,1H3,(H,17,21)(H,19,20). The first kappa shape index (κ1) is 17.3. The number of carboxylic acid groups (broad SMARTS) is 1. The van der Waals surface area contributed by atoms with Crippen molar-refractivity contribution in [3.63, 3.8) is 0 Å². The summed E-state index contributed by atoms with van der Waals surface area (Å²) < 4.78 is 0. The number of nitrogens with one attached hydrogen (secondary N) is 1. The molecule has 0 saturated carbocycles. The zero-order chi connectivity index (χ0) is 15.8. The van der Waals surface area contributed by atoms with Crippen LogP contribution in [-0.4, -0.2) is 28.6 Å². The SMILES string of the molecule is CCC(CCNC(=O)c1ccc(Cl)cc1O)CCC(=O)O. The average Bonchev–Trinajstić information content (AvgIpc) is 2.42. The van der Waals surface area contributed by atoms with Gasteiger partial charge in [0.2, 0.25) is 0 Å². The van der Waals surface area contributed by atoms with Crippen LogP contribution in [-0.2, 0) is 4.79 Å². The molecule has 0 radical (unpaired) electrons. The van der Waals surface area contributed by atoms with Gasteiger partial charge in [0.15, 0.2) is 0 Å². The Hall–Kier alpha value is -1.75. The zero-order valence-electron chi connectivity index (χ0n) is 11.9. The molecule has 5 nitrogen and oxygen atoms in total. The minimum absolute atomic E-state index is 0.143. The van der Waals surface area contributed by atoms with Crippen molar-refractivity contribution in [1.82, 2.24) is 5.32 Å². The van der Waals surface area contributed by atoms with E-state index in [0.717, 1.165) is 6.42 Å². The predicted octanol–water partition coefficient (Wildman–Crippen LogP) is 3.06. The Balaban J connectivity index is 2.43. The Labute approximate surface area is 128 Å². The summed E-state index contributed by atoms with van der Waals surface area (Å²) in [6.45, 7) is 2.44. The third-order valence-electron chi connectivity index (χ3n) is 3.39. The molecule has 1 aromatic rings. The number of carbonyl (C=O) groups is 2. The fraction of sp³-hybridized carbons (Fsp3) is 0.467. The van der Waals surface area contributed by atoms with Crippen molar-refractivity contribution >= 4 is 23.5 Å². The van der Waals surface area contributed by atoms with E-state index in [0.29, 0.717) is 24.4 Å². The van der Waals surface area contributed by atoms with E-state index in [4.69, 9.17) is 16.7 Å². The first-order chi connectivity index (χ1) is 9.93. The number of carboxylic acids is 1. The number of phenolic OH excluding ortho intramolecular Hbond substituents is 1. The highest BCUT2D eigenvalue weighted by molar-refractivity contribution is 6.30. The molecule has 0 spiro atoms. The topological polar surface area (TPSA) is 86.6 Å². The summed E-state index contributed by atoms with van der Waals surface area (Å²) in [6.07, 6.45) is 2.33. The summed E-state index contributed by atoms with van der Waals surface area (Å²) in [6, 6.07) is 4.32. The number of aliphatic carboxylic acids is 1. The number of hydrogen-bond donors (Lipinski definition) is 3. The third kappa shape index (κ3) is 6.04. The highest BCUT2D eigenvalue weighted by atomic mass is 35.5. The molecule has 21 heavy (non-hydrogen) atoms. The van der Waals surface area contributed by atoms with Crippen LogP contribution < -0.4 is 5.32 Å². The van der Waals surface area contributed by atoms with Crippen LogP contribution in [0.25, 0.3) is 0 Å². The molecular formula is C15H20ClNO4. The van der Waals surface area contributed by atoms with Crippen molar-refractivity contribution in [2.75, 3.05) is 6.54 Å². The largest absolute Gasteiger partial charge is 0.507 e. The first-order valence-electron chi connectivity index (χ1n) is 6.92. The lowest BCUT2D eigenvalue weighted by atomic mass is 9.96. The molecule has 1 atom stereocenters. The molecule has 6 heteroatoms. The van der Waals surface area contributed by atoms with Crippen LogP contribution in [0, 0.1) is 5.92 Å². The van der Waals surface area contributed by atoms with E-state index >= 15 is 0 Å². The second kappa shape index (κ2) is 8.52. The molecule has 0 aliphatic carbocycles. The molecule has 1 rings (SSSR count). The summed E-state index contributed by atoms with van der Waals surface area (Å²) in [4.78, 5) is 22.4. The maximum absolute atomic E-state index is 11.9. The Bertz CT molecular complexity index is 504. The quantitative estimate of drug-likeness (QED) is 0.688. The number of hydrogen-bond acceptors (Lipinski definition) is 3. The van der Waals surface area contributed by atoms with Crippen LogP contribution in [0.1, 0.15) is 43.0 Å². The van der Waals surface area contributed by atoms with Crippen molar-refractivity contribution < 1.29 is 19.8 Å². The van der Waals surface area contributed by atoms with E-state index in [-0.39, 0.29) is 29.6 Å². The normalized spacial score (nSPS) is 11.9. The molecule has 0 aromatic heterocycles. The van der Waals surface area contributed by atoms with Gasteiger partial charge in [-0.05, 0) is 37.0 Å². The zero-order valence-corrected chi connectivity index (χ0v) is 12.7. The van der Waals surface area contributed by atoms with Gasteiger partial charge in [-0.1, -0.05) is 24.9 Å². The van der Waals surface area contributed by atoms with Crippen molar-refractivity contribution in [3.8, 4) is 5.75 Å². The Morgan fingerprint density at radius 3 is 2.62 bits per heavy atom. The molecule has 0 aliphatic heterocycles. The van der Waals surface area contributed by atoms with Gasteiger partial charge in [-0.3, -0.25) is 9.59 Å². The van der Waals surface area contributed by atoms with Crippen molar-refractivity contribution in [1.29, 1.82) is 0 Å². The van der Waals surface area contributed by atoms with Gasteiger partial charge in [0.05, 0.1) is 5.56 Å². The maximum atomic E-state index is 11.9. The van der Waals surface area contributed by atoms with Gasteiger partial charge in [0, 0.05) is 18.0 Å². The summed E-state index contributed by atoms with van der Waals surface area (Å²) in [5.74, 6) is -1.06. The average molecular weight is 314 g/mol. The minimum atomic E-state index is -0.802. The lowest BCUT2D eigenvalue weighted by molar-refractivity contribution is -0.137. The number of halogens is 1. The predicted molar refractivity (Wildman–Crippen MR) is 80.7 cm³/mol. The number of phenols is 1. The molecule has 0 bridgehead atoms. The van der Waals surface area contributed by atoms with Crippen LogP contribution in [0.2, 0.25) is 5.02 Å². The molecular weight excluding hydrogens is 294 g/mol. The van der Waals surface area contributed by atoms with Gasteiger partial charge in [-0.15, -0.1) is 0 Å². The Morgan fingerprint density at radius 2 is 2.05 bits per heavy atom. The summed E-state index contributed by atoms with van der Waals surface area (Å²) in [5.41, 5.74) is 0.179. The Morgan fingerprint density at radius 1 is 1.33 bits per heavy atom. The van der Waals surface area contributed by atoms with Gasteiger partial charge in [0.1, 0.15) is 5.75 Å². The van der Waals surface area contributed by atoms with Crippen LogP contribution in [0.5, 0.6) is 5.75 Å². The van der Waals surface area contributed by atoms with E-state index in [1.165, 1.54) is 18.2 Å². The molecule has 1 amide bonds. The van der Waals surface area contributed by atoms with E-state index in [1.54, 1.807) is 0 Å². The van der Waals surface area contributed by atoms with Gasteiger partial charge in [0.25, 0.3) is 5.91 Å². The Kier molecular flexibility index (Phi) is 7.02. The van der Waals surface area contributed by atoms with E-state index in [2.05, 4.69) is 5.32 Å². The van der Waals surface area contributed by atoms with E-state index < -0.39 is 5.97 Å². The minimum Gasteiger partial charge on any atom is -0.507 e. The molecule has 1 aromatic carbocycles. The van der Waals surface area contributed by atoms with Gasteiger partial charge < -0.3 is 15.5 Å². The van der Waals surface area contributed by atoms with Gasteiger partial charge >= 0.3 is 5.97 Å². The molecule has 0 heterocycles. The summed E-state index contributed by atoms with van der Waals surface area (Å²) in [7, 11) is 0. The second-order valence-corrected chi connectivity index (χ2v) is 5.35. The molecule has 0 aliphatic rings. The molecule has 0 fully saturated rings. The van der Waals surface area contributed by atoms with Crippen LogP contribution in [0.3, 0.4) is 0 Å². The van der Waals surface area contributed by atoms with Crippen LogP contribution in [0.15, 0.2) is 18.2 Å². The second-order valence-electron chi connectivity index (χ2n) is 4.91. The van der Waals surface area contributed by atoms with E-state index in [9.17, 15) is 14.7 Å². The molecule has 3 N–H and O–H groups in total. The van der Waals surface area contributed by atoms with Crippen molar-refractivity contribution in [2.45, 2.75) is 32.6 Å². The lowest BCUT2D eigenvalue weighted by Crippen LogP contribution is -2.26. The first-order valence-corrected chi connectivity index (χ1v) is 7.30. The van der Waals surface area contributed by atoms with Gasteiger partial charge in [-0.2, -0.15) is 0 Å². The monoisotopic (exact) mass is 313 g/mol. The summed E-state index contributed by atoms with van der Waals surface area (Å²) in [5, 5.41) is 21.4. The number of amides is 1. The van der Waals surface area contributed by atoms with Crippen molar-refractivity contribution in [2.24, 2.45) is 5.92 Å². The molecule has 1 unspecified atom stereocenters. The molecule has 116 valence electrons. The fourth-order valence-corrected chi connectivity index (χ4v) is 2.23. The highest BCUT2D eigenvalue weighted by Crippen LogP contribution is 2.22. The smallest absolute Gasteiger partial charge is 0.303 e. The summed E-state index contributed by atoms with van der Waals surface area (Å²) >= 11 is 5.71. The fourth-order valence-electron chi connectivity index (χ4n) is 2.06. The number of aromatic hydroxyl groups is 1. The highest BCUT2D eigenvalue weighted by Gasteiger charge is 2.13.